The van der Waals surface area contributed by atoms with Crippen molar-refractivity contribution in [2.45, 2.75) is 31.5 Å². The quantitative estimate of drug-likeness (QED) is 0.345. The number of nitrogens with zero attached hydrogens (tertiary/aromatic N) is 4. The fourth-order valence-electron chi connectivity index (χ4n) is 3.94. The van der Waals surface area contributed by atoms with E-state index in [1.807, 2.05) is 47.9 Å². The summed E-state index contributed by atoms with van der Waals surface area (Å²) in [6.07, 6.45) is 4.10. The van der Waals surface area contributed by atoms with E-state index in [-0.39, 0.29) is 4.91 Å². The van der Waals surface area contributed by atoms with Crippen molar-refractivity contribution in [1.82, 2.24) is 14.8 Å². The molecule has 2 heterocycles. The first-order valence-corrected chi connectivity index (χ1v) is 12.0. The van der Waals surface area contributed by atoms with Crippen LogP contribution < -0.4 is 14.4 Å². The minimum atomic E-state index is -1.01. The van der Waals surface area contributed by atoms with E-state index in [0.29, 0.717) is 29.0 Å². The van der Waals surface area contributed by atoms with Crippen molar-refractivity contribution < 1.29 is 19.4 Å². The molecule has 2 aromatic carbocycles. The number of rotatable bonds is 9. The maximum Gasteiger partial charge on any atom is 0.342 e. The summed E-state index contributed by atoms with van der Waals surface area (Å²) < 4.78 is 12.6. The van der Waals surface area contributed by atoms with Gasteiger partial charge in [-0.2, -0.15) is 0 Å². The number of methoxy groups -OCH3 is 2. The minimum Gasteiger partial charge on any atom is -0.497 e. The zero-order valence-corrected chi connectivity index (χ0v) is 20.3. The molecular formula is C25H28N4O4S. The number of thioether (sulfide) groups is 1. The van der Waals surface area contributed by atoms with Gasteiger partial charge >= 0.3 is 5.97 Å². The van der Waals surface area contributed by atoms with Crippen LogP contribution in [0.4, 0.5) is 5.69 Å². The highest BCUT2D eigenvalue weighted by Gasteiger charge is 2.19. The Kier molecular flexibility index (Phi) is 7.42. The molecule has 0 unspecified atom stereocenters. The van der Waals surface area contributed by atoms with Crippen molar-refractivity contribution in [2.75, 3.05) is 32.2 Å². The van der Waals surface area contributed by atoms with Crippen LogP contribution >= 0.6 is 11.8 Å². The molecule has 1 aliphatic heterocycles. The first-order valence-electron chi connectivity index (χ1n) is 11.2. The normalized spacial score (nSPS) is 13.9. The Labute approximate surface area is 203 Å². The molecule has 34 heavy (non-hydrogen) atoms. The maximum atomic E-state index is 12.0. The molecule has 1 aliphatic rings. The van der Waals surface area contributed by atoms with Gasteiger partial charge in [-0.15, -0.1) is 10.2 Å². The fourth-order valence-corrected chi connectivity index (χ4v) is 4.83. The van der Waals surface area contributed by atoms with E-state index in [0.717, 1.165) is 36.0 Å². The standard InChI is InChI=1S/C25H28N4O4S/c1-4-29-23(18-14-20(32-2)16-21(15-18)33-3)26-27-25(29)34-22(24(30)31)13-17-7-9-19(10-8-17)28-11-5-6-12-28/h7-10,13-16H,4-6,11-12H2,1-3H3,(H,30,31)/b22-13+. The van der Waals surface area contributed by atoms with E-state index in [9.17, 15) is 9.90 Å². The molecule has 9 heteroatoms. The molecule has 0 amide bonds. The number of hydrogen-bond donors (Lipinski definition) is 1. The smallest absolute Gasteiger partial charge is 0.342 e. The van der Waals surface area contributed by atoms with Crippen molar-refractivity contribution in [2.24, 2.45) is 0 Å². The highest BCUT2D eigenvalue weighted by molar-refractivity contribution is 8.04. The molecule has 1 fully saturated rings. The topological polar surface area (TPSA) is 89.7 Å². The van der Waals surface area contributed by atoms with Gasteiger partial charge in [0.1, 0.15) is 16.4 Å². The van der Waals surface area contributed by atoms with Gasteiger partial charge in [0.05, 0.1) is 14.2 Å². The molecule has 0 atom stereocenters. The van der Waals surface area contributed by atoms with Gasteiger partial charge in [-0.3, -0.25) is 0 Å². The Morgan fingerprint density at radius 1 is 1.06 bits per heavy atom. The number of benzene rings is 2. The lowest BCUT2D eigenvalue weighted by molar-refractivity contribution is -0.131. The summed E-state index contributed by atoms with van der Waals surface area (Å²) in [6, 6.07) is 13.5. The predicted octanol–water partition coefficient (Wildman–Crippen LogP) is 4.80. The molecule has 0 radical (unpaired) electrons. The number of aromatic nitrogens is 3. The second-order valence-electron chi connectivity index (χ2n) is 7.85. The third-order valence-electron chi connectivity index (χ3n) is 5.72. The lowest BCUT2D eigenvalue weighted by Crippen LogP contribution is -2.17. The van der Waals surface area contributed by atoms with Gasteiger partial charge in [-0.05, 0) is 67.4 Å². The Balaban J connectivity index is 1.61. The Hall–Kier alpha value is -3.46. The van der Waals surface area contributed by atoms with Gasteiger partial charge in [-0.25, -0.2) is 4.79 Å². The fraction of sp³-hybridized carbons (Fsp3) is 0.320. The number of carboxylic acids is 1. The first kappa shape index (κ1) is 23.7. The van der Waals surface area contributed by atoms with Crippen molar-refractivity contribution in [3.63, 3.8) is 0 Å². The minimum absolute atomic E-state index is 0.172. The predicted molar refractivity (Wildman–Crippen MR) is 134 cm³/mol. The van der Waals surface area contributed by atoms with Gasteiger partial charge in [0.15, 0.2) is 11.0 Å². The number of anilines is 1. The van der Waals surface area contributed by atoms with Gasteiger partial charge in [0.2, 0.25) is 0 Å². The third kappa shape index (κ3) is 5.20. The van der Waals surface area contributed by atoms with Crippen LogP contribution in [0.15, 0.2) is 52.5 Å². The zero-order chi connectivity index (χ0) is 24.1. The van der Waals surface area contributed by atoms with Gasteiger partial charge in [0, 0.05) is 37.0 Å². The molecular weight excluding hydrogens is 452 g/mol. The lowest BCUT2D eigenvalue weighted by atomic mass is 10.2. The van der Waals surface area contributed by atoms with Gasteiger partial charge < -0.3 is 24.0 Å². The van der Waals surface area contributed by atoms with Crippen LogP contribution in [0.1, 0.15) is 25.3 Å². The Morgan fingerprint density at radius 3 is 2.26 bits per heavy atom. The van der Waals surface area contributed by atoms with Crippen LogP contribution in [0.5, 0.6) is 11.5 Å². The molecule has 0 spiro atoms. The number of ether oxygens (including phenoxy) is 2. The van der Waals surface area contributed by atoms with E-state index in [1.165, 1.54) is 18.5 Å². The van der Waals surface area contributed by atoms with E-state index >= 15 is 0 Å². The summed E-state index contributed by atoms with van der Waals surface area (Å²) in [5.41, 5.74) is 2.77. The second kappa shape index (κ2) is 10.6. The van der Waals surface area contributed by atoms with E-state index in [1.54, 1.807) is 26.4 Å². The Bertz CT molecular complexity index is 1160. The van der Waals surface area contributed by atoms with Crippen molar-refractivity contribution in [3.05, 3.63) is 52.9 Å². The molecule has 4 rings (SSSR count). The molecule has 1 saturated heterocycles. The zero-order valence-electron chi connectivity index (χ0n) is 19.5. The summed E-state index contributed by atoms with van der Waals surface area (Å²) in [4.78, 5) is 14.6. The summed E-state index contributed by atoms with van der Waals surface area (Å²) in [5, 5.41) is 19.0. The van der Waals surface area contributed by atoms with Gasteiger partial charge in [0.25, 0.3) is 0 Å². The van der Waals surface area contributed by atoms with Crippen LogP contribution in [-0.4, -0.2) is 53.1 Å². The Morgan fingerprint density at radius 2 is 1.71 bits per heavy atom. The molecule has 3 aromatic rings. The molecule has 0 bridgehead atoms. The van der Waals surface area contributed by atoms with Crippen LogP contribution in [0, 0.1) is 0 Å². The van der Waals surface area contributed by atoms with Crippen LogP contribution in [-0.2, 0) is 11.3 Å². The molecule has 8 nitrogen and oxygen atoms in total. The number of aliphatic carboxylic acids is 1. The second-order valence-corrected chi connectivity index (χ2v) is 8.86. The van der Waals surface area contributed by atoms with Gasteiger partial charge in [-0.1, -0.05) is 12.1 Å². The number of carboxylic acid groups (broad SMARTS) is 1. The van der Waals surface area contributed by atoms with Crippen molar-refractivity contribution >= 4 is 29.5 Å². The van der Waals surface area contributed by atoms with E-state index < -0.39 is 5.97 Å². The highest BCUT2D eigenvalue weighted by atomic mass is 32.2. The first-order chi connectivity index (χ1) is 16.5. The van der Waals surface area contributed by atoms with Crippen molar-refractivity contribution in [1.29, 1.82) is 0 Å². The van der Waals surface area contributed by atoms with E-state index in [4.69, 9.17) is 9.47 Å². The average Bonchev–Trinajstić information content (AvgIpc) is 3.54. The third-order valence-corrected chi connectivity index (χ3v) is 6.71. The summed E-state index contributed by atoms with van der Waals surface area (Å²) in [6.45, 7) is 4.68. The number of hydrogen-bond acceptors (Lipinski definition) is 7. The largest absolute Gasteiger partial charge is 0.497 e. The van der Waals surface area contributed by atoms with E-state index in [2.05, 4.69) is 15.1 Å². The lowest BCUT2D eigenvalue weighted by Gasteiger charge is -2.17. The summed E-state index contributed by atoms with van der Waals surface area (Å²) in [5.74, 6) is 0.876. The summed E-state index contributed by atoms with van der Waals surface area (Å²) in [7, 11) is 3.18. The summed E-state index contributed by atoms with van der Waals surface area (Å²) >= 11 is 1.09. The van der Waals surface area contributed by atoms with Crippen LogP contribution in [0.2, 0.25) is 0 Å². The molecule has 0 saturated carbocycles. The molecule has 1 aromatic heterocycles. The monoisotopic (exact) mass is 480 g/mol. The van der Waals surface area contributed by atoms with Crippen LogP contribution in [0.3, 0.4) is 0 Å². The number of carbonyl (C=O) groups is 1. The van der Waals surface area contributed by atoms with Crippen LogP contribution in [0.25, 0.3) is 17.5 Å². The van der Waals surface area contributed by atoms with Crippen molar-refractivity contribution in [3.8, 4) is 22.9 Å². The highest BCUT2D eigenvalue weighted by Crippen LogP contribution is 2.33. The molecule has 1 N–H and O–H groups in total. The SMILES string of the molecule is CCn1c(S/C(=C/c2ccc(N3CCCC3)cc2)C(=O)O)nnc1-c1cc(OC)cc(OC)c1. The molecule has 178 valence electrons. The molecule has 0 aliphatic carbocycles. The maximum absolute atomic E-state index is 12.0. The average molecular weight is 481 g/mol.